The third-order valence-electron chi connectivity index (χ3n) is 6.03. The van der Waals surface area contributed by atoms with Gasteiger partial charge in [-0.2, -0.15) is 5.10 Å². The summed E-state index contributed by atoms with van der Waals surface area (Å²) in [6.45, 7) is 6.50. The fourth-order valence-electron chi connectivity index (χ4n) is 4.43. The van der Waals surface area contributed by atoms with Crippen molar-refractivity contribution in [3.05, 3.63) is 78.6 Å². The van der Waals surface area contributed by atoms with Crippen molar-refractivity contribution in [2.24, 2.45) is 7.05 Å². The van der Waals surface area contributed by atoms with Crippen LogP contribution in [0.2, 0.25) is 0 Å². The Morgan fingerprint density at radius 3 is 2.83 bits per heavy atom. The Hall–Kier alpha value is -3.04. The zero-order valence-electron chi connectivity index (χ0n) is 20.7. The number of halogens is 1. The highest BCUT2D eigenvalue weighted by Gasteiger charge is 2.26. The normalized spacial score (nSPS) is 16.4. The number of benzene rings is 2. The summed E-state index contributed by atoms with van der Waals surface area (Å²) in [4.78, 5) is 2.15. The van der Waals surface area contributed by atoms with Crippen LogP contribution in [0, 0.1) is 5.82 Å². The SMILES string of the molecule is C=CCOCC(O)CN(Cc1c(-c2ccccc2)nn(C)c1Oc1cccc(F)c1)CC1CCCO1. The van der Waals surface area contributed by atoms with Gasteiger partial charge in [0.1, 0.15) is 17.3 Å². The molecule has 2 heterocycles. The number of hydrogen-bond donors (Lipinski definition) is 1. The average Bonchev–Trinajstić information content (AvgIpc) is 3.48. The summed E-state index contributed by atoms with van der Waals surface area (Å²) in [6.07, 6.45) is 3.07. The zero-order chi connectivity index (χ0) is 25.3. The predicted octanol–water partition coefficient (Wildman–Crippen LogP) is 4.56. The number of aromatic nitrogens is 2. The molecule has 2 unspecified atom stereocenters. The molecule has 0 saturated carbocycles. The highest BCUT2D eigenvalue weighted by Crippen LogP contribution is 2.34. The number of nitrogens with zero attached hydrogens (tertiary/aromatic N) is 3. The maximum atomic E-state index is 13.9. The van der Waals surface area contributed by atoms with Crippen LogP contribution in [-0.2, 0) is 23.1 Å². The first kappa shape index (κ1) is 26.0. The number of aliphatic hydroxyl groups excluding tert-OH is 1. The predicted molar refractivity (Wildman–Crippen MR) is 136 cm³/mol. The molecule has 1 saturated heterocycles. The van der Waals surface area contributed by atoms with Crippen molar-refractivity contribution < 1.29 is 23.7 Å². The molecule has 2 aromatic carbocycles. The summed E-state index contributed by atoms with van der Waals surface area (Å²) in [5.74, 6) is 0.541. The van der Waals surface area contributed by atoms with E-state index >= 15 is 0 Å². The van der Waals surface area contributed by atoms with Gasteiger partial charge >= 0.3 is 0 Å². The number of aliphatic hydroxyl groups is 1. The number of hydrogen-bond acceptors (Lipinski definition) is 6. The second kappa shape index (κ2) is 12.8. The molecule has 1 aliphatic heterocycles. The van der Waals surface area contributed by atoms with Gasteiger partial charge in [-0.15, -0.1) is 6.58 Å². The van der Waals surface area contributed by atoms with Crippen LogP contribution in [0.4, 0.5) is 4.39 Å². The molecule has 36 heavy (non-hydrogen) atoms. The molecule has 1 fully saturated rings. The van der Waals surface area contributed by atoms with Crippen molar-refractivity contribution >= 4 is 0 Å². The van der Waals surface area contributed by atoms with Crippen LogP contribution in [-0.4, -0.2) is 64.9 Å². The van der Waals surface area contributed by atoms with E-state index in [1.807, 2.05) is 37.4 Å². The summed E-state index contributed by atoms with van der Waals surface area (Å²) in [5.41, 5.74) is 2.58. The molecule has 7 nitrogen and oxygen atoms in total. The molecule has 1 aliphatic rings. The van der Waals surface area contributed by atoms with Crippen LogP contribution < -0.4 is 4.74 Å². The van der Waals surface area contributed by atoms with Gasteiger partial charge in [-0.3, -0.25) is 4.90 Å². The van der Waals surface area contributed by atoms with E-state index < -0.39 is 6.10 Å². The Balaban J connectivity index is 1.65. The van der Waals surface area contributed by atoms with Crippen LogP contribution >= 0.6 is 0 Å². The molecule has 4 rings (SSSR count). The lowest BCUT2D eigenvalue weighted by Crippen LogP contribution is -2.39. The third kappa shape index (κ3) is 7.01. The summed E-state index contributed by atoms with van der Waals surface area (Å²) in [6, 6.07) is 15.9. The summed E-state index contributed by atoms with van der Waals surface area (Å²) in [5, 5.41) is 15.5. The molecule has 0 bridgehead atoms. The van der Waals surface area contributed by atoms with Gasteiger partial charge < -0.3 is 19.3 Å². The van der Waals surface area contributed by atoms with E-state index in [2.05, 4.69) is 11.5 Å². The van der Waals surface area contributed by atoms with E-state index in [4.69, 9.17) is 19.3 Å². The van der Waals surface area contributed by atoms with Gasteiger partial charge in [0, 0.05) is 44.9 Å². The fraction of sp³-hybridized carbons (Fsp3) is 0.393. The highest BCUT2D eigenvalue weighted by atomic mass is 19.1. The zero-order valence-corrected chi connectivity index (χ0v) is 20.7. The molecule has 0 spiro atoms. The van der Waals surface area contributed by atoms with Crippen LogP contribution in [0.1, 0.15) is 18.4 Å². The maximum absolute atomic E-state index is 13.9. The van der Waals surface area contributed by atoms with Crippen LogP contribution in [0.15, 0.2) is 67.3 Å². The molecule has 2 atom stereocenters. The first-order chi connectivity index (χ1) is 17.5. The number of aryl methyl sites for hydroxylation is 1. The molecule has 0 aliphatic carbocycles. The lowest BCUT2D eigenvalue weighted by Gasteiger charge is -2.27. The van der Waals surface area contributed by atoms with Crippen molar-refractivity contribution in [3.8, 4) is 22.9 Å². The van der Waals surface area contributed by atoms with Crippen LogP contribution in [0.5, 0.6) is 11.6 Å². The van der Waals surface area contributed by atoms with Crippen molar-refractivity contribution in [1.29, 1.82) is 0 Å². The van der Waals surface area contributed by atoms with Gasteiger partial charge in [0.2, 0.25) is 5.88 Å². The Labute approximate surface area is 211 Å². The largest absolute Gasteiger partial charge is 0.439 e. The van der Waals surface area contributed by atoms with Gasteiger partial charge in [-0.1, -0.05) is 42.5 Å². The van der Waals surface area contributed by atoms with Gasteiger partial charge in [-0.05, 0) is 25.0 Å². The minimum absolute atomic E-state index is 0.0933. The smallest absolute Gasteiger partial charge is 0.222 e. The van der Waals surface area contributed by atoms with E-state index in [0.29, 0.717) is 37.9 Å². The Bertz CT molecular complexity index is 1120. The second-order valence-electron chi connectivity index (χ2n) is 8.99. The lowest BCUT2D eigenvalue weighted by molar-refractivity contribution is 0.00844. The number of ether oxygens (including phenoxy) is 3. The van der Waals surface area contributed by atoms with E-state index in [1.165, 1.54) is 12.1 Å². The van der Waals surface area contributed by atoms with E-state index in [-0.39, 0.29) is 18.5 Å². The molecular weight excluding hydrogens is 461 g/mol. The molecule has 192 valence electrons. The monoisotopic (exact) mass is 495 g/mol. The maximum Gasteiger partial charge on any atom is 0.222 e. The van der Waals surface area contributed by atoms with E-state index in [1.54, 1.807) is 22.9 Å². The Morgan fingerprint density at radius 1 is 1.28 bits per heavy atom. The third-order valence-corrected chi connectivity index (χ3v) is 6.03. The first-order valence-corrected chi connectivity index (χ1v) is 12.3. The minimum Gasteiger partial charge on any atom is -0.439 e. The van der Waals surface area contributed by atoms with Crippen molar-refractivity contribution in [2.75, 3.05) is 32.9 Å². The topological polar surface area (TPSA) is 69.0 Å². The van der Waals surface area contributed by atoms with Crippen LogP contribution in [0.3, 0.4) is 0 Å². The van der Waals surface area contributed by atoms with Gasteiger partial charge in [0.25, 0.3) is 0 Å². The first-order valence-electron chi connectivity index (χ1n) is 12.3. The standard InChI is InChI=1S/C28H34FN3O4/c1-3-14-34-20-23(33)17-32(18-25-13-8-15-35-25)19-26-27(21-9-5-4-6-10-21)30-31(2)28(26)36-24-12-7-11-22(29)16-24/h3-7,9-12,16,23,25,33H,1,8,13-15,17-20H2,2H3. The Kier molecular flexibility index (Phi) is 9.24. The van der Waals surface area contributed by atoms with Gasteiger partial charge in [0.05, 0.1) is 31.0 Å². The highest BCUT2D eigenvalue weighted by molar-refractivity contribution is 5.65. The van der Waals surface area contributed by atoms with Gasteiger partial charge in [0.15, 0.2) is 0 Å². The molecule has 3 aromatic rings. The van der Waals surface area contributed by atoms with E-state index in [9.17, 15) is 9.50 Å². The minimum atomic E-state index is -0.684. The quantitative estimate of drug-likeness (QED) is 0.277. The average molecular weight is 496 g/mol. The fourth-order valence-corrected chi connectivity index (χ4v) is 4.43. The summed E-state index contributed by atoms with van der Waals surface area (Å²) < 4.78 is 33.1. The second-order valence-corrected chi connectivity index (χ2v) is 8.99. The van der Waals surface area contributed by atoms with Crippen molar-refractivity contribution in [2.45, 2.75) is 31.6 Å². The molecular formula is C28H34FN3O4. The molecule has 1 aromatic heterocycles. The molecule has 0 amide bonds. The molecule has 1 N–H and O–H groups in total. The number of rotatable bonds is 13. The Morgan fingerprint density at radius 2 is 2.11 bits per heavy atom. The van der Waals surface area contributed by atoms with E-state index in [0.717, 1.165) is 36.3 Å². The summed E-state index contributed by atoms with van der Waals surface area (Å²) >= 11 is 0. The molecule has 8 heteroatoms. The van der Waals surface area contributed by atoms with Crippen molar-refractivity contribution in [3.63, 3.8) is 0 Å². The van der Waals surface area contributed by atoms with Gasteiger partial charge in [-0.25, -0.2) is 9.07 Å². The van der Waals surface area contributed by atoms with Crippen molar-refractivity contribution in [1.82, 2.24) is 14.7 Å². The summed E-state index contributed by atoms with van der Waals surface area (Å²) in [7, 11) is 1.81. The lowest BCUT2D eigenvalue weighted by atomic mass is 10.1. The van der Waals surface area contributed by atoms with Crippen LogP contribution in [0.25, 0.3) is 11.3 Å². The molecule has 0 radical (unpaired) electrons.